The van der Waals surface area contributed by atoms with E-state index in [1.807, 2.05) is 13.0 Å². The van der Waals surface area contributed by atoms with E-state index in [1.54, 1.807) is 0 Å². The highest BCUT2D eigenvalue weighted by molar-refractivity contribution is 5.30. The lowest BCUT2D eigenvalue weighted by molar-refractivity contribution is 0.175. The van der Waals surface area contributed by atoms with Crippen LogP contribution in [0.3, 0.4) is 0 Å². The molecule has 0 aliphatic rings. The molecule has 2 nitrogen and oxygen atoms in total. The molecule has 2 atom stereocenters. The van der Waals surface area contributed by atoms with Crippen molar-refractivity contribution in [2.24, 2.45) is 5.73 Å². The van der Waals surface area contributed by atoms with E-state index in [4.69, 9.17) is 5.73 Å². The van der Waals surface area contributed by atoms with Crippen molar-refractivity contribution in [1.29, 1.82) is 0 Å². The van der Waals surface area contributed by atoms with Crippen LogP contribution in [0.5, 0.6) is 0 Å². The number of rotatable bonds is 5. The Morgan fingerprint density at radius 1 is 1.33 bits per heavy atom. The second-order valence-corrected chi connectivity index (χ2v) is 4.07. The Balaban J connectivity index is 2.90. The van der Waals surface area contributed by atoms with Crippen LogP contribution >= 0.6 is 0 Å². The van der Waals surface area contributed by atoms with Crippen molar-refractivity contribution in [2.45, 2.75) is 38.7 Å². The predicted octanol–water partition coefficient (Wildman–Crippen LogP) is 2.06. The highest BCUT2D eigenvalue weighted by atomic mass is 16.3. The van der Waals surface area contributed by atoms with Crippen LogP contribution in [0.1, 0.15) is 37.3 Å². The molecule has 2 unspecified atom stereocenters. The third-order valence-corrected chi connectivity index (χ3v) is 2.79. The summed E-state index contributed by atoms with van der Waals surface area (Å²) in [6, 6.07) is 8.36. The van der Waals surface area contributed by atoms with Gasteiger partial charge in [-0.05, 0) is 43.4 Å². The van der Waals surface area contributed by atoms with E-state index in [0.717, 1.165) is 12.8 Å². The van der Waals surface area contributed by atoms with Gasteiger partial charge in [0.05, 0.1) is 6.10 Å². The Morgan fingerprint density at radius 3 is 2.53 bits per heavy atom. The summed E-state index contributed by atoms with van der Waals surface area (Å²) >= 11 is 0. The average Bonchev–Trinajstić information content (AvgIpc) is 2.25. The molecule has 0 bridgehead atoms. The molecule has 0 fully saturated rings. The first-order chi connectivity index (χ1) is 7.19. The summed E-state index contributed by atoms with van der Waals surface area (Å²) in [5.41, 5.74) is 8.40. The fourth-order valence-corrected chi connectivity index (χ4v) is 2.02. The maximum atomic E-state index is 9.42. The maximum absolute atomic E-state index is 9.42. The third kappa shape index (κ3) is 3.33. The summed E-state index contributed by atoms with van der Waals surface area (Å²) in [7, 11) is 0. The molecule has 1 aromatic carbocycles. The molecule has 1 aromatic rings. The molecular weight excluding hydrogens is 186 g/mol. The van der Waals surface area contributed by atoms with E-state index in [2.05, 4.69) is 25.1 Å². The van der Waals surface area contributed by atoms with E-state index in [1.165, 1.54) is 11.1 Å². The van der Waals surface area contributed by atoms with Crippen molar-refractivity contribution >= 4 is 0 Å². The van der Waals surface area contributed by atoms with Gasteiger partial charge in [-0.15, -0.1) is 0 Å². The first-order valence-corrected chi connectivity index (χ1v) is 5.65. The van der Waals surface area contributed by atoms with Crippen molar-refractivity contribution in [3.63, 3.8) is 0 Å². The summed E-state index contributed by atoms with van der Waals surface area (Å²) < 4.78 is 0. The Labute approximate surface area is 92.1 Å². The van der Waals surface area contributed by atoms with Gasteiger partial charge in [-0.2, -0.15) is 0 Å². The molecule has 0 radical (unpaired) electrons. The van der Waals surface area contributed by atoms with Crippen LogP contribution in [0.15, 0.2) is 24.3 Å². The summed E-state index contributed by atoms with van der Waals surface area (Å²) in [6.07, 6.45) is 1.48. The Morgan fingerprint density at radius 2 is 2.00 bits per heavy atom. The molecule has 0 saturated carbocycles. The van der Waals surface area contributed by atoms with Gasteiger partial charge in [-0.1, -0.05) is 31.2 Å². The van der Waals surface area contributed by atoms with Crippen LogP contribution in [0.25, 0.3) is 0 Å². The lowest BCUT2D eigenvalue weighted by Gasteiger charge is -2.19. The quantitative estimate of drug-likeness (QED) is 0.776. The van der Waals surface area contributed by atoms with Gasteiger partial charge < -0.3 is 10.8 Å². The zero-order chi connectivity index (χ0) is 11.3. The number of hydrogen-bond acceptors (Lipinski definition) is 2. The smallest absolute Gasteiger partial charge is 0.0518 e. The number of aryl methyl sites for hydroxylation is 1. The number of aliphatic hydroxyl groups excluding tert-OH is 1. The summed E-state index contributed by atoms with van der Waals surface area (Å²) in [5, 5.41) is 9.42. The molecule has 3 N–H and O–H groups in total. The van der Waals surface area contributed by atoms with Crippen molar-refractivity contribution in [2.75, 3.05) is 6.54 Å². The Hall–Kier alpha value is -0.860. The zero-order valence-corrected chi connectivity index (χ0v) is 9.61. The molecule has 0 aliphatic carbocycles. The van der Waals surface area contributed by atoms with E-state index in [9.17, 15) is 5.11 Å². The van der Waals surface area contributed by atoms with Gasteiger partial charge in [0.25, 0.3) is 0 Å². The molecule has 0 aromatic heterocycles. The van der Waals surface area contributed by atoms with Gasteiger partial charge in [0.15, 0.2) is 0 Å². The molecule has 0 heterocycles. The molecular formula is C13H21NO. The Bertz CT molecular complexity index is 296. The second kappa shape index (κ2) is 5.89. The van der Waals surface area contributed by atoms with Crippen LogP contribution < -0.4 is 5.73 Å². The van der Waals surface area contributed by atoms with Crippen LogP contribution in [-0.4, -0.2) is 17.8 Å². The van der Waals surface area contributed by atoms with E-state index in [-0.39, 0.29) is 12.0 Å². The summed E-state index contributed by atoms with van der Waals surface area (Å²) in [4.78, 5) is 0. The van der Waals surface area contributed by atoms with E-state index < -0.39 is 0 Å². The van der Waals surface area contributed by atoms with Gasteiger partial charge in [-0.3, -0.25) is 0 Å². The molecule has 2 heteroatoms. The normalized spacial score (nSPS) is 14.9. The molecule has 1 rings (SSSR count). The van der Waals surface area contributed by atoms with Crippen LogP contribution in [0, 0.1) is 0 Å². The average molecular weight is 207 g/mol. The molecule has 84 valence electrons. The first kappa shape index (κ1) is 12.2. The molecule has 0 amide bonds. The minimum Gasteiger partial charge on any atom is -0.393 e. The zero-order valence-electron chi connectivity index (χ0n) is 9.61. The summed E-state index contributed by atoms with van der Waals surface area (Å²) in [6.45, 7) is 4.56. The van der Waals surface area contributed by atoms with Gasteiger partial charge in [-0.25, -0.2) is 0 Å². The monoisotopic (exact) mass is 207 g/mol. The van der Waals surface area contributed by atoms with Gasteiger partial charge in [0, 0.05) is 0 Å². The lowest BCUT2D eigenvalue weighted by Crippen LogP contribution is -2.18. The minimum absolute atomic E-state index is 0.279. The molecule has 15 heavy (non-hydrogen) atoms. The fourth-order valence-electron chi connectivity index (χ4n) is 2.02. The maximum Gasteiger partial charge on any atom is 0.0518 e. The molecule has 0 spiro atoms. The van der Waals surface area contributed by atoms with Crippen molar-refractivity contribution < 1.29 is 5.11 Å². The first-order valence-electron chi connectivity index (χ1n) is 5.65. The standard InChI is InChI=1S/C13H21NO/c1-3-11-6-4-5-7-13(11)12(9-14)8-10(2)15/h4-7,10,12,15H,3,8-9,14H2,1-2H3. The molecule has 0 saturated heterocycles. The van der Waals surface area contributed by atoms with E-state index >= 15 is 0 Å². The SMILES string of the molecule is CCc1ccccc1C(CN)CC(C)O. The number of nitrogens with two attached hydrogens (primary N) is 1. The van der Waals surface area contributed by atoms with Gasteiger partial charge in [0.2, 0.25) is 0 Å². The number of benzene rings is 1. The highest BCUT2D eigenvalue weighted by Gasteiger charge is 2.14. The van der Waals surface area contributed by atoms with Gasteiger partial charge >= 0.3 is 0 Å². The minimum atomic E-state index is -0.288. The van der Waals surface area contributed by atoms with Gasteiger partial charge in [0.1, 0.15) is 0 Å². The van der Waals surface area contributed by atoms with Crippen LogP contribution in [-0.2, 0) is 6.42 Å². The predicted molar refractivity (Wildman–Crippen MR) is 63.9 cm³/mol. The highest BCUT2D eigenvalue weighted by Crippen LogP contribution is 2.24. The molecule has 0 aliphatic heterocycles. The largest absolute Gasteiger partial charge is 0.393 e. The van der Waals surface area contributed by atoms with Crippen molar-refractivity contribution in [3.8, 4) is 0 Å². The lowest BCUT2D eigenvalue weighted by atomic mass is 9.89. The van der Waals surface area contributed by atoms with Crippen molar-refractivity contribution in [3.05, 3.63) is 35.4 Å². The van der Waals surface area contributed by atoms with Crippen LogP contribution in [0.4, 0.5) is 0 Å². The topological polar surface area (TPSA) is 46.2 Å². The number of hydrogen-bond donors (Lipinski definition) is 2. The van der Waals surface area contributed by atoms with E-state index in [0.29, 0.717) is 6.54 Å². The fraction of sp³-hybridized carbons (Fsp3) is 0.538. The second-order valence-electron chi connectivity index (χ2n) is 4.07. The Kier molecular flexibility index (Phi) is 4.79. The van der Waals surface area contributed by atoms with Crippen LogP contribution in [0.2, 0.25) is 0 Å². The number of aliphatic hydroxyl groups is 1. The third-order valence-electron chi connectivity index (χ3n) is 2.79. The van der Waals surface area contributed by atoms with Crippen molar-refractivity contribution in [1.82, 2.24) is 0 Å². The summed E-state index contributed by atoms with van der Waals surface area (Å²) in [5.74, 6) is 0.279.